The summed E-state index contributed by atoms with van der Waals surface area (Å²) in [5, 5.41) is 23.2. The van der Waals surface area contributed by atoms with E-state index < -0.39 is 59.5 Å². The van der Waals surface area contributed by atoms with Crippen LogP contribution >= 0.6 is 0 Å². The van der Waals surface area contributed by atoms with Crippen molar-refractivity contribution in [1.29, 1.82) is 0 Å². The fraction of sp³-hybridized carbons (Fsp3) is 0.868. The Balaban J connectivity index is 2.06. The van der Waals surface area contributed by atoms with E-state index in [-0.39, 0.29) is 55.1 Å². The number of hydrogen-bond acceptors (Lipinski definition) is 11. The van der Waals surface area contributed by atoms with Crippen molar-refractivity contribution >= 4 is 29.1 Å². The lowest BCUT2D eigenvalue weighted by molar-refractivity contribution is -0.238. The highest BCUT2D eigenvalue weighted by Gasteiger charge is 2.71. The van der Waals surface area contributed by atoms with Crippen molar-refractivity contribution in [2.45, 2.75) is 155 Å². The van der Waals surface area contributed by atoms with Gasteiger partial charge in [0.15, 0.2) is 12.1 Å². The molecule has 6 unspecified atom stereocenters. The quantitative estimate of drug-likeness (QED) is 0.152. The molecule has 0 aliphatic carbocycles. The van der Waals surface area contributed by atoms with Crippen molar-refractivity contribution in [2.24, 2.45) is 39.6 Å². The van der Waals surface area contributed by atoms with Crippen LogP contribution in [0.3, 0.4) is 0 Å². The average Bonchev–Trinajstić information content (AvgIpc) is 3.81. The first-order valence-electron chi connectivity index (χ1n) is 18.6. The van der Waals surface area contributed by atoms with Crippen LogP contribution < -0.4 is 0 Å². The molecule has 2 N–H and O–H groups in total. The number of hydrogen-bond donors (Lipinski definition) is 2. The Morgan fingerprint density at radius 3 is 2.34 bits per heavy atom. The maximum atomic E-state index is 14.0. The standard InChI is InChI=1S/C38H65N3O9/c1-13-21(3)32(40-26(8)43)23(5)35-38(50-35)19-28(39-10)16-15-27(20-42)34(49-31-18-29(41(11)12)17-22(4)47-31)24(6)33(44)25(7)36(45)48-30(14-2)37(38,9)46/h21-25,27,29-31,34-35,42,46H,13-20H2,1-12H3/t21-,22-,23?,24+,25?,27+,29?,30-,31?,34-,35?,37-,38?/m1/s1. The summed E-state index contributed by atoms with van der Waals surface area (Å²) >= 11 is 0. The molecule has 286 valence electrons. The Morgan fingerprint density at radius 2 is 1.80 bits per heavy atom. The van der Waals surface area contributed by atoms with Gasteiger partial charge < -0.3 is 34.1 Å². The van der Waals surface area contributed by atoms with Gasteiger partial charge >= 0.3 is 5.97 Å². The van der Waals surface area contributed by atoms with Gasteiger partial charge in [-0.05, 0) is 72.9 Å². The molecule has 0 saturated carbocycles. The molecule has 3 fully saturated rings. The summed E-state index contributed by atoms with van der Waals surface area (Å²) in [5.74, 6) is -4.15. The zero-order valence-electron chi connectivity index (χ0n) is 32.6. The van der Waals surface area contributed by atoms with Gasteiger partial charge in [-0.25, -0.2) is 4.99 Å². The van der Waals surface area contributed by atoms with Crippen LogP contribution in [0.5, 0.6) is 0 Å². The minimum absolute atomic E-state index is 0.00189. The number of ketones is 1. The van der Waals surface area contributed by atoms with Crippen molar-refractivity contribution in [3.63, 3.8) is 0 Å². The number of amides is 1. The fourth-order valence-corrected chi connectivity index (χ4v) is 8.10. The molecule has 0 radical (unpaired) electrons. The highest BCUT2D eigenvalue weighted by Crippen LogP contribution is 2.55. The molecule has 12 heteroatoms. The van der Waals surface area contributed by atoms with Crippen LogP contribution in [-0.4, -0.2) is 120 Å². The lowest BCUT2D eigenvalue weighted by Gasteiger charge is -2.41. The fourth-order valence-electron chi connectivity index (χ4n) is 8.10. The van der Waals surface area contributed by atoms with Gasteiger partial charge in [0.1, 0.15) is 23.2 Å². The number of nitrogens with zero attached hydrogens (tertiary/aromatic N) is 3. The van der Waals surface area contributed by atoms with Crippen molar-refractivity contribution in [3.05, 3.63) is 0 Å². The summed E-state index contributed by atoms with van der Waals surface area (Å²) in [5.41, 5.74) is -1.48. The van der Waals surface area contributed by atoms with Gasteiger partial charge in [0.25, 0.3) is 0 Å². The molecule has 50 heavy (non-hydrogen) atoms. The summed E-state index contributed by atoms with van der Waals surface area (Å²) in [6, 6.07) is 0.221. The van der Waals surface area contributed by atoms with E-state index >= 15 is 0 Å². The number of esters is 1. The third kappa shape index (κ3) is 9.28. The Hall–Kier alpha value is -2.09. The first kappa shape index (κ1) is 42.3. The van der Waals surface area contributed by atoms with Gasteiger partial charge in [-0.2, -0.15) is 0 Å². The van der Waals surface area contributed by atoms with E-state index in [0.717, 1.165) is 18.6 Å². The highest BCUT2D eigenvalue weighted by atomic mass is 16.7. The Labute approximate surface area is 299 Å². The van der Waals surface area contributed by atoms with Crippen LogP contribution in [0.15, 0.2) is 9.98 Å². The molecule has 1 amide bonds. The van der Waals surface area contributed by atoms with Crippen LogP contribution in [0, 0.1) is 29.6 Å². The second kappa shape index (κ2) is 17.6. The zero-order chi connectivity index (χ0) is 37.7. The number of epoxide rings is 1. The van der Waals surface area contributed by atoms with Crippen molar-refractivity contribution in [3.8, 4) is 0 Å². The number of carbonyl (C=O) groups excluding carboxylic acids is 3. The topological polar surface area (TPSA) is 160 Å². The molecule has 3 heterocycles. The van der Waals surface area contributed by atoms with Gasteiger partial charge in [0.05, 0.1) is 18.3 Å². The Bertz CT molecular complexity index is 1250. The van der Waals surface area contributed by atoms with E-state index in [2.05, 4.69) is 14.9 Å². The van der Waals surface area contributed by atoms with Crippen LogP contribution in [0.25, 0.3) is 0 Å². The second-order valence-electron chi connectivity index (χ2n) is 15.5. The average molecular weight is 708 g/mol. The number of ether oxygens (including phenoxy) is 4. The molecule has 1 spiro atoms. The molecule has 3 aliphatic rings. The highest BCUT2D eigenvalue weighted by molar-refractivity contribution is 6.00. The van der Waals surface area contributed by atoms with Gasteiger partial charge in [0.2, 0.25) is 5.91 Å². The summed E-state index contributed by atoms with van der Waals surface area (Å²) in [6.45, 7) is 15.9. The van der Waals surface area contributed by atoms with Crippen molar-refractivity contribution in [1.82, 2.24) is 4.90 Å². The van der Waals surface area contributed by atoms with E-state index in [9.17, 15) is 24.6 Å². The minimum Gasteiger partial charge on any atom is -0.459 e. The van der Waals surface area contributed by atoms with Crippen molar-refractivity contribution < 1.29 is 43.5 Å². The lowest BCUT2D eigenvalue weighted by atomic mass is 9.72. The molecule has 0 bridgehead atoms. The smallest absolute Gasteiger partial charge is 0.316 e. The molecule has 0 aromatic carbocycles. The third-order valence-electron chi connectivity index (χ3n) is 11.7. The molecule has 0 aromatic heterocycles. The van der Waals surface area contributed by atoms with E-state index in [1.807, 2.05) is 48.7 Å². The molecule has 3 rings (SSSR count). The number of Topliss-reactive ketones (excluding diaryl/α,β-unsaturated/α-hetero) is 1. The summed E-state index contributed by atoms with van der Waals surface area (Å²) in [7, 11) is 5.73. The number of aliphatic imine (C=N–C) groups is 2. The Kier molecular flexibility index (Phi) is 14.9. The number of carbonyl (C=O) groups is 3. The second-order valence-corrected chi connectivity index (χ2v) is 15.5. The summed E-state index contributed by atoms with van der Waals surface area (Å²) in [6.07, 6.45) is 0.628. The van der Waals surface area contributed by atoms with E-state index in [0.29, 0.717) is 25.0 Å². The number of rotatable bonds is 9. The van der Waals surface area contributed by atoms with Gasteiger partial charge in [-0.1, -0.05) is 34.6 Å². The molecule has 3 aliphatic heterocycles. The summed E-state index contributed by atoms with van der Waals surface area (Å²) < 4.78 is 25.4. The predicted molar refractivity (Wildman–Crippen MR) is 192 cm³/mol. The van der Waals surface area contributed by atoms with E-state index in [1.165, 1.54) is 13.8 Å². The molecule has 13 atom stereocenters. The van der Waals surface area contributed by atoms with E-state index in [1.54, 1.807) is 20.9 Å². The van der Waals surface area contributed by atoms with Crippen LogP contribution in [0.1, 0.15) is 107 Å². The predicted octanol–water partition coefficient (Wildman–Crippen LogP) is 4.41. The normalized spacial score (nSPS) is 40.0. The monoisotopic (exact) mass is 707 g/mol. The van der Waals surface area contributed by atoms with Crippen LogP contribution in [0.4, 0.5) is 0 Å². The van der Waals surface area contributed by atoms with Crippen LogP contribution in [0.2, 0.25) is 0 Å². The maximum Gasteiger partial charge on any atom is 0.316 e. The third-order valence-corrected chi connectivity index (χ3v) is 11.7. The Morgan fingerprint density at radius 1 is 1.14 bits per heavy atom. The first-order chi connectivity index (χ1) is 23.4. The van der Waals surface area contributed by atoms with Crippen LogP contribution in [-0.2, 0) is 33.3 Å². The SMILES string of the molecule is CC[C@@H](C)C(=NC(C)=O)C(C)C1OC12CC(=NC)CC[C@@H](CO)[C@H](OC1CC(N(C)C)C[C@@H](C)O1)[C@@H](C)C(=O)C(C)C(=O)O[C@H](CC)[C@@]2(C)O. The van der Waals surface area contributed by atoms with Gasteiger partial charge in [-0.15, -0.1) is 0 Å². The zero-order valence-corrected chi connectivity index (χ0v) is 32.6. The molecule has 3 saturated heterocycles. The molecule has 0 aromatic rings. The minimum atomic E-state index is -1.69. The molecule has 12 nitrogen and oxygen atoms in total. The molecular formula is C38H65N3O9. The number of aliphatic hydroxyl groups excluding tert-OH is 1. The molecular weight excluding hydrogens is 642 g/mol. The maximum absolute atomic E-state index is 14.0. The number of cyclic esters (lactones) is 1. The van der Waals surface area contributed by atoms with Crippen molar-refractivity contribution in [2.75, 3.05) is 27.7 Å². The van der Waals surface area contributed by atoms with E-state index in [4.69, 9.17) is 18.9 Å². The van der Waals surface area contributed by atoms with Gasteiger partial charge in [-0.3, -0.25) is 19.4 Å². The lowest BCUT2D eigenvalue weighted by Crippen LogP contribution is -2.57. The first-order valence-corrected chi connectivity index (χ1v) is 18.6. The van der Waals surface area contributed by atoms with Gasteiger partial charge in [0, 0.05) is 68.6 Å². The number of aliphatic hydroxyl groups is 2. The summed E-state index contributed by atoms with van der Waals surface area (Å²) in [4.78, 5) is 51.1. The largest absolute Gasteiger partial charge is 0.459 e.